The molecule has 0 radical (unpaired) electrons. The molecule has 2 aromatic carbocycles. The van der Waals surface area contributed by atoms with Crippen LogP contribution in [-0.2, 0) is 14.3 Å². The van der Waals surface area contributed by atoms with Crippen molar-refractivity contribution < 1.29 is 28.9 Å². The Morgan fingerprint density at radius 2 is 1.86 bits per heavy atom. The summed E-state index contributed by atoms with van der Waals surface area (Å²) in [6.45, 7) is 5.65. The van der Waals surface area contributed by atoms with Gasteiger partial charge in [-0.2, -0.15) is 0 Å². The number of allylic oxidation sites excluding steroid dienone is 1. The second-order valence-corrected chi connectivity index (χ2v) is 9.56. The summed E-state index contributed by atoms with van der Waals surface area (Å²) in [4.78, 5) is 28.7. The van der Waals surface area contributed by atoms with Gasteiger partial charge in [-0.05, 0) is 62.2 Å². The number of rotatable bonds is 6. The number of esters is 1. The number of nitrogens with zero attached hydrogens (tertiary/aromatic N) is 1. The van der Waals surface area contributed by atoms with E-state index in [1.165, 1.54) is 18.9 Å². The molecule has 2 unspecified atom stereocenters. The minimum absolute atomic E-state index is 0.0464. The Bertz CT molecular complexity index is 1200. The van der Waals surface area contributed by atoms with Gasteiger partial charge in [0.1, 0.15) is 5.75 Å². The number of aromatic hydroxyl groups is 1. The number of carbonyl (C=O) groups is 2. The van der Waals surface area contributed by atoms with Gasteiger partial charge in [-0.15, -0.1) is 0 Å². The summed E-state index contributed by atoms with van der Waals surface area (Å²) in [5.41, 5.74) is 2.05. The lowest BCUT2D eigenvalue weighted by atomic mass is 9.93. The molecule has 2 aromatic rings. The zero-order valence-electron chi connectivity index (χ0n) is 20.2. The Hall–Kier alpha value is -3.59. The molecule has 2 heterocycles. The number of ether oxygens (including phenoxy) is 3. The van der Waals surface area contributed by atoms with Crippen molar-refractivity contribution >= 4 is 29.7 Å². The fourth-order valence-corrected chi connectivity index (χ4v) is 5.36. The van der Waals surface area contributed by atoms with E-state index >= 15 is 0 Å². The number of phenols is 1. The van der Waals surface area contributed by atoms with Gasteiger partial charge < -0.3 is 24.6 Å². The highest BCUT2D eigenvalue weighted by atomic mass is 32.2. The first-order valence-corrected chi connectivity index (χ1v) is 12.0. The van der Waals surface area contributed by atoms with Crippen LogP contribution < -0.4 is 14.8 Å². The standard InChI is InChI=1S/C26H28N2O6S/c1-14(2)34-19-11-8-17(13-20(19)32-4)23-22(25(31)33-5)15(3)27-26-28(23)24(30)21(35-26)12-16-6-9-18(29)10-7-16/h6-14,23,26-27,29H,1-5H3. The summed E-state index contributed by atoms with van der Waals surface area (Å²) in [5, 5.41) is 12.8. The van der Waals surface area contributed by atoms with E-state index in [2.05, 4.69) is 5.32 Å². The second-order valence-electron chi connectivity index (χ2n) is 8.44. The third kappa shape index (κ3) is 4.81. The Morgan fingerprint density at radius 1 is 1.14 bits per heavy atom. The lowest BCUT2D eigenvalue weighted by molar-refractivity contribution is -0.138. The molecule has 35 heavy (non-hydrogen) atoms. The van der Waals surface area contributed by atoms with Crippen molar-refractivity contribution in [1.29, 1.82) is 0 Å². The van der Waals surface area contributed by atoms with E-state index in [0.717, 1.165) is 5.56 Å². The molecule has 4 rings (SSSR count). The van der Waals surface area contributed by atoms with E-state index in [9.17, 15) is 14.7 Å². The van der Waals surface area contributed by atoms with Crippen LogP contribution in [0.5, 0.6) is 17.2 Å². The molecule has 2 aliphatic heterocycles. The van der Waals surface area contributed by atoms with E-state index in [1.54, 1.807) is 61.4 Å². The summed E-state index contributed by atoms with van der Waals surface area (Å²) in [6.07, 6.45) is 1.73. The fraction of sp³-hybridized carbons (Fsp3) is 0.308. The molecule has 9 heteroatoms. The molecule has 0 aromatic heterocycles. The van der Waals surface area contributed by atoms with Gasteiger partial charge in [-0.3, -0.25) is 9.69 Å². The van der Waals surface area contributed by atoms with Crippen molar-refractivity contribution in [2.45, 2.75) is 38.4 Å². The number of benzene rings is 2. The highest BCUT2D eigenvalue weighted by molar-refractivity contribution is 8.05. The van der Waals surface area contributed by atoms with Crippen LogP contribution in [0, 0.1) is 0 Å². The average molecular weight is 497 g/mol. The molecule has 0 aliphatic carbocycles. The number of phenolic OH excluding ortho intramolecular Hbond substituents is 1. The van der Waals surface area contributed by atoms with Gasteiger partial charge in [-0.25, -0.2) is 4.79 Å². The predicted octanol–water partition coefficient (Wildman–Crippen LogP) is 4.18. The molecule has 1 fully saturated rings. The van der Waals surface area contributed by atoms with E-state index in [-0.39, 0.29) is 17.8 Å². The lowest BCUT2D eigenvalue weighted by Gasteiger charge is -2.39. The van der Waals surface area contributed by atoms with Crippen molar-refractivity contribution in [3.8, 4) is 17.2 Å². The molecule has 2 aliphatic rings. The number of methoxy groups -OCH3 is 2. The maximum Gasteiger partial charge on any atom is 0.337 e. The van der Waals surface area contributed by atoms with Crippen LogP contribution in [0.3, 0.4) is 0 Å². The minimum atomic E-state index is -0.693. The summed E-state index contributed by atoms with van der Waals surface area (Å²) >= 11 is 1.37. The quantitative estimate of drug-likeness (QED) is 0.454. The van der Waals surface area contributed by atoms with Gasteiger partial charge in [0.15, 0.2) is 17.0 Å². The Kier molecular flexibility index (Phi) is 6.98. The molecule has 0 bridgehead atoms. The van der Waals surface area contributed by atoms with E-state index < -0.39 is 17.5 Å². The Labute approximate surface area is 208 Å². The van der Waals surface area contributed by atoms with E-state index in [0.29, 0.717) is 33.2 Å². The van der Waals surface area contributed by atoms with E-state index in [1.807, 2.05) is 19.9 Å². The van der Waals surface area contributed by atoms with Crippen molar-refractivity contribution in [3.63, 3.8) is 0 Å². The highest BCUT2D eigenvalue weighted by Crippen LogP contribution is 2.47. The topological polar surface area (TPSA) is 97.3 Å². The zero-order valence-corrected chi connectivity index (χ0v) is 21.0. The van der Waals surface area contributed by atoms with Crippen LogP contribution >= 0.6 is 11.8 Å². The maximum absolute atomic E-state index is 13.6. The predicted molar refractivity (Wildman–Crippen MR) is 134 cm³/mol. The van der Waals surface area contributed by atoms with Crippen LogP contribution in [0.2, 0.25) is 0 Å². The minimum Gasteiger partial charge on any atom is -0.508 e. The van der Waals surface area contributed by atoms with Gasteiger partial charge in [0.25, 0.3) is 5.91 Å². The SMILES string of the molecule is COC(=O)C1=C(C)NC2SC(=Cc3ccc(O)cc3)C(=O)N2C1c1ccc(OC(C)C)c(OC)c1. The number of nitrogens with one attached hydrogen (secondary N) is 1. The van der Waals surface area contributed by atoms with Crippen molar-refractivity contribution in [1.82, 2.24) is 10.2 Å². The summed E-state index contributed by atoms with van der Waals surface area (Å²) in [7, 11) is 2.87. The number of thioether (sulfide) groups is 1. The number of amides is 1. The molecule has 2 N–H and O–H groups in total. The van der Waals surface area contributed by atoms with Gasteiger partial charge in [-0.1, -0.05) is 30.0 Å². The Balaban J connectivity index is 1.79. The summed E-state index contributed by atoms with van der Waals surface area (Å²) in [5.74, 6) is 0.493. The van der Waals surface area contributed by atoms with Gasteiger partial charge in [0.2, 0.25) is 0 Å². The molecule has 1 amide bonds. The third-order valence-electron chi connectivity index (χ3n) is 5.69. The first-order valence-electron chi connectivity index (χ1n) is 11.1. The van der Waals surface area contributed by atoms with Crippen molar-refractivity contribution in [2.75, 3.05) is 14.2 Å². The summed E-state index contributed by atoms with van der Waals surface area (Å²) in [6, 6.07) is 11.3. The van der Waals surface area contributed by atoms with Gasteiger partial charge in [0, 0.05) is 5.70 Å². The fourth-order valence-electron chi connectivity index (χ4n) is 4.15. The second kappa shape index (κ2) is 9.95. The van der Waals surface area contributed by atoms with Crippen molar-refractivity contribution in [2.24, 2.45) is 0 Å². The highest BCUT2D eigenvalue weighted by Gasteiger charge is 2.48. The molecular weight excluding hydrogens is 468 g/mol. The van der Waals surface area contributed by atoms with Crippen LogP contribution in [0.4, 0.5) is 0 Å². The smallest absolute Gasteiger partial charge is 0.337 e. The molecule has 8 nitrogen and oxygen atoms in total. The first kappa shape index (κ1) is 24.5. The number of fused-ring (bicyclic) bond motifs is 1. The molecule has 1 saturated heterocycles. The molecule has 2 atom stereocenters. The average Bonchev–Trinajstić information content (AvgIpc) is 3.13. The normalized spacial score (nSPS) is 20.7. The molecule has 0 spiro atoms. The number of hydrogen-bond acceptors (Lipinski definition) is 8. The van der Waals surface area contributed by atoms with Crippen LogP contribution in [0.1, 0.15) is 37.9 Å². The monoisotopic (exact) mass is 496 g/mol. The number of hydrogen-bond donors (Lipinski definition) is 2. The summed E-state index contributed by atoms with van der Waals surface area (Å²) < 4.78 is 16.5. The van der Waals surface area contributed by atoms with Crippen LogP contribution in [0.15, 0.2) is 58.6 Å². The molecule has 184 valence electrons. The van der Waals surface area contributed by atoms with E-state index in [4.69, 9.17) is 14.2 Å². The van der Waals surface area contributed by atoms with Crippen LogP contribution in [-0.4, -0.2) is 47.7 Å². The first-order chi connectivity index (χ1) is 16.7. The zero-order chi connectivity index (χ0) is 25.3. The lowest BCUT2D eigenvalue weighted by Crippen LogP contribution is -2.49. The largest absolute Gasteiger partial charge is 0.508 e. The van der Waals surface area contributed by atoms with Crippen LogP contribution in [0.25, 0.3) is 6.08 Å². The Morgan fingerprint density at radius 3 is 2.49 bits per heavy atom. The number of carbonyl (C=O) groups excluding carboxylic acids is 2. The molecule has 0 saturated carbocycles. The van der Waals surface area contributed by atoms with Gasteiger partial charge in [0.05, 0.1) is 36.8 Å². The third-order valence-corrected chi connectivity index (χ3v) is 6.81. The van der Waals surface area contributed by atoms with Gasteiger partial charge >= 0.3 is 5.97 Å². The van der Waals surface area contributed by atoms with Crippen molar-refractivity contribution in [3.05, 3.63) is 69.8 Å². The molecular formula is C26H28N2O6S. The maximum atomic E-state index is 13.6.